The normalized spacial score (nSPS) is 20.3. The van der Waals surface area contributed by atoms with E-state index in [0.29, 0.717) is 5.75 Å². The van der Waals surface area contributed by atoms with Crippen molar-refractivity contribution in [1.29, 1.82) is 0 Å². The maximum atomic E-state index is 13.5. The van der Waals surface area contributed by atoms with Crippen molar-refractivity contribution in [3.05, 3.63) is 120 Å². The van der Waals surface area contributed by atoms with Crippen LogP contribution in [-0.4, -0.2) is 23.2 Å². The van der Waals surface area contributed by atoms with Crippen molar-refractivity contribution in [3.8, 4) is 5.75 Å². The SMILES string of the molecule is O=C(COc1ccc2ccccc2c1)N1N=C2/C(=C/c3ccccc3)CCC[C@H]2[C@@H]1c1ccccc1. The highest BCUT2D eigenvalue weighted by Crippen LogP contribution is 2.44. The highest BCUT2D eigenvalue weighted by atomic mass is 16.5. The van der Waals surface area contributed by atoms with Gasteiger partial charge in [0.25, 0.3) is 5.91 Å². The van der Waals surface area contributed by atoms with Gasteiger partial charge in [-0.05, 0) is 64.9 Å². The summed E-state index contributed by atoms with van der Waals surface area (Å²) in [5.74, 6) is 0.742. The molecule has 1 aliphatic carbocycles. The van der Waals surface area contributed by atoms with Crippen molar-refractivity contribution in [2.45, 2.75) is 25.3 Å². The molecule has 4 heteroatoms. The first-order chi connectivity index (χ1) is 17.8. The van der Waals surface area contributed by atoms with E-state index in [0.717, 1.165) is 46.9 Å². The number of ether oxygens (including phenoxy) is 1. The Hall–Kier alpha value is -4.18. The zero-order chi connectivity index (χ0) is 24.3. The van der Waals surface area contributed by atoms with Crippen LogP contribution in [0.3, 0.4) is 0 Å². The van der Waals surface area contributed by atoms with E-state index in [9.17, 15) is 4.79 Å². The molecule has 0 saturated heterocycles. The standard InChI is InChI=1S/C32H28N2O2/c35-30(22-36-28-19-18-24-12-7-8-15-26(24)21-28)34-32(25-13-5-2-6-14-25)29-17-9-16-27(31(29)33-34)20-23-10-3-1-4-11-23/h1-8,10-15,18-21,29,32H,9,16-17,22H2/b27-20+/t29-,32+/m1/s1. The van der Waals surface area contributed by atoms with Gasteiger partial charge in [-0.2, -0.15) is 5.10 Å². The second-order valence-electron chi connectivity index (χ2n) is 9.46. The Morgan fingerprint density at radius 1 is 0.889 bits per heavy atom. The Kier molecular flexibility index (Phi) is 6.08. The molecule has 36 heavy (non-hydrogen) atoms. The molecule has 4 nitrogen and oxygen atoms in total. The van der Waals surface area contributed by atoms with Crippen molar-refractivity contribution in [1.82, 2.24) is 5.01 Å². The third-order valence-corrected chi connectivity index (χ3v) is 7.12. The third-order valence-electron chi connectivity index (χ3n) is 7.12. The Balaban J connectivity index is 1.29. The van der Waals surface area contributed by atoms with Gasteiger partial charge in [0.2, 0.25) is 0 Å². The average molecular weight is 473 g/mol. The van der Waals surface area contributed by atoms with Crippen LogP contribution in [0, 0.1) is 5.92 Å². The number of hydrogen-bond donors (Lipinski definition) is 0. The minimum atomic E-state index is -0.127. The van der Waals surface area contributed by atoms with Crippen LogP contribution in [-0.2, 0) is 4.79 Å². The zero-order valence-electron chi connectivity index (χ0n) is 20.1. The van der Waals surface area contributed by atoms with E-state index >= 15 is 0 Å². The van der Waals surface area contributed by atoms with E-state index < -0.39 is 0 Å². The number of hydrazone groups is 1. The van der Waals surface area contributed by atoms with Crippen LogP contribution in [0.25, 0.3) is 16.8 Å². The monoisotopic (exact) mass is 472 g/mol. The minimum Gasteiger partial charge on any atom is -0.484 e. The van der Waals surface area contributed by atoms with Gasteiger partial charge in [0, 0.05) is 5.92 Å². The molecule has 2 atom stereocenters. The van der Waals surface area contributed by atoms with Crippen LogP contribution < -0.4 is 4.74 Å². The van der Waals surface area contributed by atoms with Gasteiger partial charge in [-0.3, -0.25) is 4.79 Å². The fourth-order valence-electron chi connectivity index (χ4n) is 5.41. The van der Waals surface area contributed by atoms with Crippen LogP contribution in [0.15, 0.2) is 114 Å². The summed E-state index contributed by atoms with van der Waals surface area (Å²) in [6.07, 6.45) is 5.30. The number of rotatable bonds is 5. The summed E-state index contributed by atoms with van der Waals surface area (Å²) in [6, 6.07) is 34.6. The predicted molar refractivity (Wildman–Crippen MR) is 145 cm³/mol. The molecule has 0 aromatic heterocycles. The van der Waals surface area contributed by atoms with Gasteiger partial charge in [-0.15, -0.1) is 0 Å². The van der Waals surface area contributed by atoms with Crippen molar-refractivity contribution in [3.63, 3.8) is 0 Å². The molecule has 0 N–H and O–H groups in total. The van der Waals surface area contributed by atoms with Crippen LogP contribution in [0.5, 0.6) is 5.75 Å². The van der Waals surface area contributed by atoms with Gasteiger partial charge in [0.05, 0.1) is 11.8 Å². The van der Waals surface area contributed by atoms with E-state index in [-0.39, 0.29) is 24.5 Å². The van der Waals surface area contributed by atoms with Crippen molar-refractivity contribution in [2.24, 2.45) is 11.0 Å². The number of amides is 1. The first kappa shape index (κ1) is 22.3. The zero-order valence-corrected chi connectivity index (χ0v) is 20.1. The van der Waals surface area contributed by atoms with E-state index in [2.05, 4.69) is 48.5 Å². The summed E-state index contributed by atoms with van der Waals surface area (Å²) in [4.78, 5) is 13.5. The molecule has 2 aliphatic rings. The molecular weight excluding hydrogens is 444 g/mol. The molecule has 1 saturated carbocycles. The number of carbonyl (C=O) groups excluding carboxylic acids is 1. The van der Waals surface area contributed by atoms with Crippen molar-refractivity contribution < 1.29 is 9.53 Å². The molecule has 0 radical (unpaired) electrons. The topological polar surface area (TPSA) is 41.9 Å². The number of benzene rings is 4. The van der Waals surface area contributed by atoms with Crippen LogP contribution in [0.4, 0.5) is 0 Å². The number of carbonyl (C=O) groups is 1. The van der Waals surface area contributed by atoms with E-state index in [1.54, 1.807) is 5.01 Å². The second kappa shape index (κ2) is 9.82. The predicted octanol–water partition coefficient (Wildman–Crippen LogP) is 7.04. The highest BCUT2D eigenvalue weighted by molar-refractivity contribution is 6.08. The van der Waals surface area contributed by atoms with Gasteiger partial charge in [-0.25, -0.2) is 5.01 Å². The summed E-state index contributed by atoms with van der Waals surface area (Å²) in [5.41, 5.74) is 4.54. The van der Waals surface area contributed by atoms with Crippen molar-refractivity contribution in [2.75, 3.05) is 6.61 Å². The first-order valence-corrected chi connectivity index (χ1v) is 12.6. The van der Waals surface area contributed by atoms with Crippen LogP contribution in [0.2, 0.25) is 0 Å². The molecular formula is C32H28N2O2. The molecule has 1 aliphatic heterocycles. The van der Waals surface area contributed by atoms with Crippen LogP contribution >= 0.6 is 0 Å². The molecule has 0 bridgehead atoms. The van der Waals surface area contributed by atoms with Gasteiger partial charge < -0.3 is 4.74 Å². The summed E-state index contributed by atoms with van der Waals surface area (Å²) in [6.45, 7) is -0.0527. The quantitative estimate of drug-likeness (QED) is 0.313. The Labute approximate surface area is 211 Å². The molecule has 6 rings (SSSR count). The average Bonchev–Trinajstić information content (AvgIpc) is 3.33. The summed E-state index contributed by atoms with van der Waals surface area (Å²) >= 11 is 0. The van der Waals surface area contributed by atoms with Crippen molar-refractivity contribution >= 4 is 28.5 Å². The summed E-state index contributed by atoms with van der Waals surface area (Å²) in [5, 5.41) is 8.88. The van der Waals surface area contributed by atoms with E-state index in [4.69, 9.17) is 9.84 Å². The van der Waals surface area contributed by atoms with E-state index in [1.165, 1.54) is 5.57 Å². The molecule has 4 aromatic carbocycles. The molecule has 178 valence electrons. The number of hydrogen-bond acceptors (Lipinski definition) is 3. The third kappa shape index (κ3) is 4.42. The highest BCUT2D eigenvalue weighted by Gasteiger charge is 2.43. The lowest BCUT2D eigenvalue weighted by Gasteiger charge is -2.29. The Morgan fingerprint density at radius 2 is 1.61 bits per heavy atom. The maximum absolute atomic E-state index is 13.5. The number of nitrogens with zero attached hydrogens (tertiary/aromatic N) is 2. The lowest BCUT2D eigenvalue weighted by atomic mass is 9.77. The molecule has 4 aromatic rings. The first-order valence-electron chi connectivity index (χ1n) is 12.6. The molecule has 1 fully saturated rings. The number of fused-ring (bicyclic) bond motifs is 2. The van der Waals surface area contributed by atoms with E-state index in [1.807, 2.05) is 60.7 Å². The lowest BCUT2D eigenvalue weighted by Crippen LogP contribution is -2.34. The van der Waals surface area contributed by atoms with Gasteiger partial charge >= 0.3 is 0 Å². The minimum absolute atomic E-state index is 0.0527. The van der Waals surface area contributed by atoms with Gasteiger partial charge in [0.15, 0.2) is 6.61 Å². The van der Waals surface area contributed by atoms with Gasteiger partial charge in [0.1, 0.15) is 5.75 Å². The Morgan fingerprint density at radius 3 is 2.42 bits per heavy atom. The number of allylic oxidation sites excluding steroid dienone is 1. The maximum Gasteiger partial charge on any atom is 0.281 e. The smallest absolute Gasteiger partial charge is 0.281 e. The van der Waals surface area contributed by atoms with Crippen LogP contribution in [0.1, 0.15) is 36.4 Å². The fourth-order valence-corrected chi connectivity index (χ4v) is 5.41. The second-order valence-corrected chi connectivity index (χ2v) is 9.46. The summed E-state index contributed by atoms with van der Waals surface area (Å²) in [7, 11) is 0. The lowest BCUT2D eigenvalue weighted by molar-refractivity contribution is -0.135. The molecule has 1 amide bonds. The van der Waals surface area contributed by atoms with Gasteiger partial charge in [-0.1, -0.05) is 91.0 Å². The Bertz CT molecular complexity index is 1440. The summed E-state index contributed by atoms with van der Waals surface area (Å²) < 4.78 is 5.97. The molecule has 0 unspecified atom stereocenters. The fraction of sp³-hybridized carbons (Fsp3) is 0.188. The molecule has 0 spiro atoms. The molecule has 1 heterocycles. The largest absolute Gasteiger partial charge is 0.484 e.